The highest BCUT2D eigenvalue weighted by Crippen LogP contribution is 2.13. The smallest absolute Gasteiger partial charge is 0.279 e. The van der Waals surface area contributed by atoms with Crippen LogP contribution >= 0.6 is 0 Å². The molecule has 1 atom stereocenters. The third-order valence-corrected chi connectivity index (χ3v) is 5.09. The SMILES string of the molecule is CCCCC(CN)NS(=O)(=O)N1CCCCCC1. The van der Waals surface area contributed by atoms with Crippen molar-refractivity contribution in [1.82, 2.24) is 9.03 Å². The van der Waals surface area contributed by atoms with Crippen LogP contribution in [0, 0.1) is 0 Å². The van der Waals surface area contributed by atoms with Gasteiger partial charge in [0, 0.05) is 25.7 Å². The van der Waals surface area contributed by atoms with Crippen molar-refractivity contribution in [1.29, 1.82) is 0 Å². The molecule has 1 saturated heterocycles. The molecular weight excluding hydrogens is 250 g/mol. The van der Waals surface area contributed by atoms with Crippen molar-refractivity contribution in [3.8, 4) is 0 Å². The first-order valence-electron chi connectivity index (χ1n) is 7.07. The minimum Gasteiger partial charge on any atom is -0.329 e. The molecule has 0 aromatic heterocycles. The van der Waals surface area contributed by atoms with Crippen LogP contribution in [0.25, 0.3) is 0 Å². The highest BCUT2D eigenvalue weighted by molar-refractivity contribution is 7.87. The Labute approximate surface area is 111 Å². The van der Waals surface area contributed by atoms with Gasteiger partial charge in [-0.2, -0.15) is 17.4 Å². The molecule has 0 aromatic rings. The highest BCUT2D eigenvalue weighted by atomic mass is 32.2. The molecule has 0 spiro atoms. The fraction of sp³-hybridized carbons (Fsp3) is 1.00. The molecule has 1 aliphatic rings. The molecule has 1 heterocycles. The summed E-state index contributed by atoms with van der Waals surface area (Å²) >= 11 is 0. The van der Waals surface area contributed by atoms with Crippen molar-refractivity contribution in [2.24, 2.45) is 5.73 Å². The lowest BCUT2D eigenvalue weighted by Crippen LogP contribution is -2.48. The molecule has 1 aliphatic heterocycles. The van der Waals surface area contributed by atoms with Gasteiger partial charge in [-0.1, -0.05) is 32.6 Å². The number of nitrogens with two attached hydrogens (primary N) is 1. The topological polar surface area (TPSA) is 75.4 Å². The molecule has 6 heteroatoms. The van der Waals surface area contributed by atoms with E-state index in [9.17, 15) is 8.42 Å². The second-order valence-corrected chi connectivity index (χ2v) is 6.71. The number of unbranched alkanes of at least 4 members (excludes halogenated alkanes) is 1. The van der Waals surface area contributed by atoms with Crippen LogP contribution in [-0.2, 0) is 10.2 Å². The molecule has 0 bridgehead atoms. The van der Waals surface area contributed by atoms with E-state index >= 15 is 0 Å². The molecule has 3 N–H and O–H groups in total. The third-order valence-electron chi connectivity index (χ3n) is 3.41. The molecule has 108 valence electrons. The summed E-state index contributed by atoms with van der Waals surface area (Å²) in [6.07, 6.45) is 7.06. The Bertz CT molecular complexity index is 311. The molecule has 0 aliphatic carbocycles. The standard InChI is InChI=1S/C12H27N3O2S/c1-2-3-8-12(11-13)14-18(16,17)15-9-6-4-5-7-10-15/h12,14H,2-11,13H2,1H3. The van der Waals surface area contributed by atoms with Gasteiger partial charge in [0.05, 0.1) is 0 Å². The van der Waals surface area contributed by atoms with Crippen molar-refractivity contribution in [3.63, 3.8) is 0 Å². The van der Waals surface area contributed by atoms with Gasteiger partial charge < -0.3 is 5.73 Å². The van der Waals surface area contributed by atoms with Crippen molar-refractivity contribution >= 4 is 10.2 Å². The molecule has 5 nitrogen and oxygen atoms in total. The largest absolute Gasteiger partial charge is 0.329 e. The minimum atomic E-state index is -3.35. The first-order chi connectivity index (χ1) is 8.60. The number of nitrogens with one attached hydrogen (secondary N) is 1. The fourth-order valence-electron chi connectivity index (χ4n) is 2.24. The maximum Gasteiger partial charge on any atom is 0.279 e. The summed E-state index contributed by atoms with van der Waals surface area (Å²) in [5.41, 5.74) is 5.64. The second-order valence-electron chi connectivity index (χ2n) is 5.01. The molecule has 0 aromatic carbocycles. The van der Waals surface area contributed by atoms with Crippen molar-refractivity contribution in [2.45, 2.75) is 57.9 Å². The van der Waals surface area contributed by atoms with E-state index in [1.165, 1.54) is 0 Å². The van der Waals surface area contributed by atoms with Crippen molar-refractivity contribution in [2.75, 3.05) is 19.6 Å². The number of hydrogen-bond acceptors (Lipinski definition) is 3. The van der Waals surface area contributed by atoms with Gasteiger partial charge in [-0.25, -0.2) is 0 Å². The van der Waals surface area contributed by atoms with Crippen LogP contribution in [0.2, 0.25) is 0 Å². The zero-order chi connectivity index (χ0) is 13.4. The number of hydrogen-bond donors (Lipinski definition) is 2. The first kappa shape index (κ1) is 15.9. The minimum absolute atomic E-state index is 0.127. The van der Waals surface area contributed by atoms with Crippen LogP contribution in [0.4, 0.5) is 0 Å². The van der Waals surface area contributed by atoms with Gasteiger partial charge in [0.2, 0.25) is 0 Å². The van der Waals surface area contributed by atoms with Gasteiger partial charge >= 0.3 is 0 Å². The van der Waals surface area contributed by atoms with Crippen LogP contribution in [0.15, 0.2) is 0 Å². The molecule has 0 saturated carbocycles. The summed E-state index contributed by atoms with van der Waals surface area (Å²) in [5, 5.41) is 0. The van der Waals surface area contributed by atoms with E-state index in [0.717, 1.165) is 44.9 Å². The molecule has 18 heavy (non-hydrogen) atoms. The molecule has 0 radical (unpaired) electrons. The maximum absolute atomic E-state index is 12.2. The zero-order valence-electron chi connectivity index (χ0n) is 11.4. The van der Waals surface area contributed by atoms with E-state index in [4.69, 9.17) is 5.73 Å². The van der Waals surface area contributed by atoms with Crippen LogP contribution in [0.3, 0.4) is 0 Å². The molecule has 1 fully saturated rings. The summed E-state index contributed by atoms with van der Waals surface area (Å²) in [4.78, 5) is 0. The van der Waals surface area contributed by atoms with E-state index in [2.05, 4.69) is 11.6 Å². The summed E-state index contributed by atoms with van der Waals surface area (Å²) < 4.78 is 28.8. The third kappa shape index (κ3) is 5.22. The van der Waals surface area contributed by atoms with Crippen LogP contribution in [0.1, 0.15) is 51.9 Å². The quantitative estimate of drug-likeness (QED) is 0.734. The Morgan fingerprint density at radius 3 is 2.33 bits per heavy atom. The second kappa shape index (κ2) is 8.09. The van der Waals surface area contributed by atoms with Crippen LogP contribution in [-0.4, -0.2) is 38.4 Å². The van der Waals surface area contributed by atoms with E-state index in [1.54, 1.807) is 4.31 Å². The van der Waals surface area contributed by atoms with Gasteiger partial charge in [0.1, 0.15) is 0 Å². The molecule has 1 unspecified atom stereocenters. The Balaban J connectivity index is 2.55. The van der Waals surface area contributed by atoms with Gasteiger partial charge in [0.15, 0.2) is 0 Å². The van der Waals surface area contributed by atoms with Gasteiger partial charge in [0.25, 0.3) is 10.2 Å². The fourth-order valence-corrected chi connectivity index (χ4v) is 3.77. The summed E-state index contributed by atoms with van der Waals surface area (Å²) in [7, 11) is -3.35. The number of rotatable bonds is 7. The predicted octanol–water partition coefficient (Wildman–Crippen LogP) is 1.21. The van der Waals surface area contributed by atoms with Gasteiger partial charge in [-0.05, 0) is 19.3 Å². The number of nitrogens with zero attached hydrogens (tertiary/aromatic N) is 1. The normalized spacial score (nSPS) is 20.6. The van der Waals surface area contributed by atoms with Gasteiger partial charge in [-0.15, -0.1) is 0 Å². The summed E-state index contributed by atoms with van der Waals surface area (Å²) in [6.45, 7) is 3.74. The molecule has 0 amide bonds. The van der Waals surface area contributed by atoms with Crippen LogP contribution in [0.5, 0.6) is 0 Å². The summed E-state index contributed by atoms with van der Waals surface area (Å²) in [6, 6.07) is -0.127. The highest BCUT2D eigenvalue weighted by Gasteiger charge is 2.25. The Morgan fingerprint density at radius 2 is 1.83 bits per heavy atom. The Hall–Kier alpha value is -0.170. The average Bonchev–Trinajstić information content (AvgIpc) is 2.63. The Morgan fingerprint density at radius 1 is 1.22 bits per heavy atom. The van der Waals surface area contributed by atoms with Crippen molar-refractivity contribution < 1.29 is 8.42 Å². The molecular formula is C12H27N3O2S. The summed E-state index contributed by atoms with van der Waals surface area (Å²) in [5.74, 6) is 0. The Kier molecular flexibility index (Phi) is 7.14. The maximum atomic E-state index is 12.2. The van der Waals surface area contributed by atoms with Crippen molar-refractivity contribution in [3.05, 3.63) is 0 Å². The zero-order valence-corrected chi connectivity index (χ0v) is 12.2. The molecule has 1 rings (SSSR count). The van der Waals surface area contributed by atoms with E-state index < -0.39 is 10.2 Å². The monoisotopic (exact) mass is 277 g/mol. The lowest BCUT2D eigenvalue weighted by molar-refractivity contribution is 0.403. The first-order valence-corrected chi connectivity index (χ1v) is 8.51. The lowest BCUT2D eigenvalue weighted by Gasteiger charge is -2.24. The van der Waals surface area contributed by atoms with Gasteiger partial charge in [-0.3, -0.25) is 0 Å². The van der Waals surface area contributed by atoms with Crippen LogP contribution < -0.4 is 10.5 Å². The average molecular weight is 277 g/mol. The predicted molar refractivity (Wildman–Crippen MR) is 74.5 cm³/mol. The van der Waals surface area contributed by atoms with E-state index in [0.29, 0.717) is 19.6 Å². The lowest BCUT2D eigenvalue weighted by atomic mass is 10.1. The van der Waals surface area contributed by atoms with E-state index in [1.807, 2.05) is 0 Å². The van der Waals surface area contributed by atoms with E-state index in [-0.39, 0.29) is 6.04 Å².